The quantitative estimate of drug-likeness (QED) is 0.0637. The van der Waals surface area contributed by atoms with Crippen LogP contribution in [0, 0.1) is 0 Å². The number of fused-ring (bicyclic) bond motifs is 4. The Hall–Kier alpha value is -5.56. The third kappa shape index (κ3) is 17.8. The van der Waals surface area contributed by atoms with Crippen molar-refractivity contribution in [2.45, 2.75) is 219 Å². The zero-order chi connectivity index (χ0) is 70.3. The number of ether oxygens (including phenoxy) is 2. The first-order chi connectivity index (χ1) is 44.4. The van der Waals surface area contributed by atoms with Crippen molar-refractivity contribution in [2.24, 2.45) is 0 Å². The van der Waals surface area contributed by atoms with E-state index in [4.69, 9.17) is 60.9 Å². The fourth-order valence-electron chi connectivity index (χ4n) is 15.1. The number of nitrogens with one attached hydrogen (secondary N) is 3. The highest BCUT2D eigenvalue weighted by molar-refractivity contribution is 6.83. The number of H-pyrrole nitrogens is 2. The topological polar surface area (TPSA) is 222 Å². The van der Waals surface area contributed by atoms with Crippen LogP contribution in [0.1, 0.15) is 174 Å². The van der Waals surface area contributed by atoms with E-state index in [9.17, 15) is 24.6 Å². The van der Waals surface area contributed by atoms with Crippen LogP contribution in [0.4, 0.5) is 9.59 Å². The van der Waals surface area contributed by atoms with Gasteiger partial charge in [-0.25, -0.2) is 29.5 Å². The monoisotopic (exact) mass is 1420 g/mol. The summed E-state index contributed by atoms with van der Waals surface area (Å²) >= 11 is 24.3. The second kappa shape index (κ2) is 31.5. The molecule has 520 valence electrons. The molecule has 5 N–H and O–H groups in total. The van der Waals surface area contributed by atoms with E-state index in [1.165, 1.54) is 5.39 Å². The third-order valence-electron chi connectivity index (χ3n) is 19.0. The van der Waals surface area contributed by atoms with Gasteiger partial charge in [0.05, 0.1) is 11.2 Å². The van der Waals surface area contributed by atoms with Crippen molar-refractivity contribution in [1.29, 1.82) is 0 Å². The normalized spacial score (nSPS) is 16.3. The number of rotatable bonds is 10. The predicted octanol–water partition coefficient (Wildman–Crippen LogP) is 18.2. The number of hydrogen-bond donors (Lipinski definition) is 5. The first-order valence-electron chi connectivity index (χ1n) is 33.6. The lowest BCUT2D eigenvalue weighted by Gasteiger charge is -2.44. The average Bonchev–Trinajstić information content (AvgIpc) is 1.66. The molecule has 0 aromatic carbocycles. The number of piperidine rings is 3. The number of aromatic nitrogens is 8. The van der Waals surface area contributed by atoms with Crippen molar-refractivity contribution in [2.75, 3.05) is 39.3 Å². The predicted molar refractivity (Wildman–Crippen MR) is 394 cm³/mol. The molecule has 3 aliphatic rings. The number of amides is 2. The molecule has 3 aliphatic heterocycles. The minimum Gasteiger partial charge on any atom is -0.444 e. The Morgan fingerprint density at radius 1 is 0.505 bits per heavy atom. The number of ketones is 1. The van der Waals surface area contributed by atoms with Crippen LogP contribution in [0.15, 0.2) is 85.5 Å². The molecule has 0 atom stereocenters. The Morgan fingerprint density at radius 2 is 0.916 bits per heavy atom. The van der Waals surface area contributed by atoms with Crippen molar-refractivity contribution in [3.63, 3.8) is 0 Å². The highest BCUT2D eigenvalue weighted by Gasteiger charge is 2.48. The summed E-state index contributed by atoms with van der Waals surface area (Å²) in [5, 5.41) is 31.9. The number of hydrogen-bond acceptors (Lipinski definition) is 12. The van der Waals surface area contributed by atoms with Crippen molar-refractivity contribution in [3.8, 4) is 0 Å². The zero-order valence-corrected chi connectivity index (χ0v) is 64.1. The highest BCUT2D eigenvalue weighted by atomic mass is 35.5. The van der Waals surface area contributed by atoms with E-state index in [1.54, 1.807) is 28.0 Å². The molecule has 0 unspecified atom stereocenters. The summed E-state index contributed by atoms with van der Waals surface area (Å²) in [6.07, 6.45) is 10.6. The summed E-state index contributed by atoms with van der Waals surface area (Å²) in [6.45, 7) is 42.7. The lowest BCUT2D eigenvalue weighted by molar-refractivity contribution is -0.121. The maximum atomic E-state index is 12.5. The number of aliphatic hydroxyl groups is 2. The van der Waals surface area contributed by atoms with Gasteiger partial charge >= 0.3 is 12.2 Å². The number of aromatic amines is 2. The van der Waals surface area contributed by atoms with E-state index in [2.05, 4.69) is 152 Å². The highest BCUT2D eigenvalue weighted by Crippen LogP contribution is 2.47. The molecular formula is C71H103Cl4N11O7Si2. The smallest absolute Gasteiger partial charge is 0.410 e. The number of carbonyl (C=O) groups excluding carboxylic acids is 3. The molecule has 0 saturated carbocycles. The second-order valence-electron chi connectivity index (χ2n) is 29.4. The van der Waals surface area contributed by atoms with Crippen molar-refractivity contribution in [1.82, 2.24) is 53.5 Å². The van der Waals surface area contributed by atoms with Gasteiger partial charge in [0.1, 0.15) is 60.2 Å². The fraction of sp³-hybridized carbons (Fsp3) is 0.563. The second-order valence-corrected chi connectivity index (χ2v) is 42.4. The van der Waals surface area contributed by atoms with Crippen LogP contribution >= 0.6 is 46.4 Å². The number of carbonyl (C=O) groups is 3. The molecular weight excluding hydrogens is 1320 g/mol. The van der Waals surface area contributed by atoms with Crippen molar-refractivity contribution < 1.29 is 34.1 Å². The number of halogens is 4. The minimum atomic E-state index is -2.04. The largest absolute Gasteiger partial charge is 0.444 e. The number of nitrogens with zero attached hydrogens (tertiary/aromatic N) is 8. The van der Waals surface area contributed by atoms with Gasteiger partial charge in [-0.1, -0.05) is 129 Å². The zero-order valence-electron chi connectivity index (χ0n) is 59.1. The molecule has 24 heteroatoms. The van der Waals surface area contributed by atoms with Crippen LogP contribution in [0.3, 0.4) is 0 Å². The third-order valence-corrected chi connectivity index (χ3v) is 33.3. The van der Waals surface area contributed by atoms with Gasteiger partial charge in [0, 0.05) is 73.0 Å². The maximum Gasteiger partial charge on any atom is 0.410 e. The summed E-state index contributed by atoms with van der Waals surface area (Å²) in [5.41, 5.74) is 5.80. The van der Waals surface area contributed by atoms with Gasteiger partial charge in [-0.05, 0) is 198 Å². The Bertz CT molecular complexity index is 3840. The van der Waals surface area contributed by atoms with E-state index >= 15 is 0 Å². The molecule has 2 amide bonds. The molecule has 0 aliphatic carbocycles. The molecule has 3 saturated heterocycles. The van der Waals surface area contributed by atoms with Crippen LogP contribution < -0.4 is 5.32 Å². The molecule has 11 heterocycles. The number of Topliss-reactive ketones (excluding diaryl/α,β-unsaturated/α-hetero) is 1. The van der Waals surface area contributed by atoms with Crippen LogP contribution in [-0.2, 0) is 25.5 Å². The lowest BCUT2D eigenvalue weighted by Crippen LogP contribution is -2.51. The molecule has 95 heavy (non-hydrogen) atoms. The van der Waals surface area contributed by atoms with Crippen LogP contribution in [-0.4, -0.2) is 143 Å². The molecule has 0 bridgehead atoms. The van der Waals surface area contributed by atoms with E-state index in [1.807, 2.05) is 78.2 Å². The van der Waals surface area contributed by atoms with Crippen LogP contribution in [0.2, 0.25) is 53.9 Å². The first kappa shape index (κ1) is 76.8. The number of pyridine rings is 4. The summed E-state index contributed by atoms with van der Waals surface area (Å²) in [4.78, 5) is 61.9. The molecule has 8 aromatic rings. The van der Waals surface area contributed by atoms with Crippen molar-refractivity contribution in [3.05, 3.63) is 117 Å². The molecule has 3 fully saturated rings. The van der Waals surface area contributed by atoms with Crippen LogP contribution in [0.25, 0.3) is 44.1 Å². The fourth-order valence-corrected chi connectivity index (χ4v) is 28.8. The summed E-state index contributed by atoms with van der Waals surface area (Å²) in [5.74, 6) is 0.227. The van der Waals surface area contributed by atoms with Crippen LogP contribution in [0.5, 0.6) is 0 Å². The van der Waals surface area contributed by atoms with E-state index in [-0.39, 0.29) is 18.0 Å². The molecule has 8 aromatic heterocycles. The Morgan fingerprint density at radius 3 is 1.43 bits per heavy atom. The van der Waals surface area contributed by atoms with E-state index in [0.29, 0.717) is 119 Å². The van der Waals surface area contributed by atoms with Gasteiger partial charge in [-0.3, -0.25) is 4.79 Å². The molecule has 11 rings (SSSR count). The van der Waals surface area contributed by atoms with Gasteiger partial charge in [-0.2, -0.15) is 0 Å². The van der Waals surface area contributed by atoms with Gasteiger partial charge in [-0.15, -0.1) is 0 Å². The van der Waals surface area contributed by atoms with Gasteiger partial charge in [0.25, 0.3) is 0 Å². The van der Waals surface area contributed by atoms with E-state index in [0.717, 1.165) is 63.0 Å². The van der Waals surface area contributed by atoms with Gasteiger partial charge in [0.15, 0.2) is 16.5 Å². The Labute approximate surface area is 584 Å². The Kier molecular flexibility index (Phi) is 25.5. The number of likely N-dealkylation sites (tertiary alicyclic amines) is 2. The summed E-state index contributed by atoms with van der Waals surface area (Å²) < 4.78 is 15.6. The maximum absolute atomic E-state index is 12.5. The SMILES string of the molecule is CC(C)(C)OC(=O)N1CCC(=O)CC1.CC(C)[Si](C(C)C)(C(C)C)n1ccc2c(C3(O)CCN(C(=O)OC(C)(C)C)CC3)cc(Cl)nc21.CC(C)[Si](C(C)C)(C(C)C)n1ccc2ccc(Cl)nc21.Clc1ccc2cc[nH]c2n1.OC1(c2cc(Cl)nc3[nH]ccc23)CCNCC1. The molecule has 18 nitrogen and oxygen atoms in total. The minimum absolute atomic E-state index is 0.227. The van der Waals surface area contributed by atoms with Gasteiger partial charge in [0.2, 0.25) is 0 Å². The standard InChI is InChI=1S/C26H42ClN3O3Si.C16H25ClN2Si.C12H14ClN3O.C10H17NO3.C7H5ClN2/c1-17(2)34(18(3)4,19(5)6)30-13-10-20-21(16-22(27)28-23(20)30)26(32)11-14-29(15-12-26)24(31)33-25(7,8)9;1-11(2)20(12(3)4,13(5)6)19-10-9-14-7-8-15(17)18-16(14)19;13-10-7-9(8-1-4-15-11(8)16-10)12(17)2-5-14-6-3-12;1-10(2,3)14-9(13)11-6-4-8(12)5-7-11;8-6-2-1-5-3-4-9-7(5)10-6/h10,13,16-19,32H,11-12,14-15H2,1-9H3;7-13H,1-6H3;1,4,7,14,17H,2-3,5-6H2,(H,15,16);4-7H2,1-3H3;1-4H,(H,9,10). The van der Waals surface area contributed by atoms with Gasteiger partial charge < -0.3 is 53.2 Å². The van der Waals surface area contributed by atoms with E-state index < -0.39 is 38.9 Å². The first-order valence-corrected chi connectivity index (χ1v) is 39.4. The summed E-state index contributed by atoms with van der Waals surface area (Å²) in [6, 6.07) is 19.4. The average molecular weight is 1420 g/mol. The lowest BCUT2D eigenvalue weighted by atomic mass is 9.83. The van der Waals surface area contributed by atoms with Crippen molar-refractivity contribution >= 4 is 125 Å². The Balaban J connectivity index is 0.000000179. The molecule has 0 spiro atoms. The summed E-state index contributed by atoms with van der Waals surface area (Å²) in [7, 11) is -3.78. The molecule has 0 radical (unpaired) electrons.